The van der Waals surface area contributed by atoms with Crippen LogP contribution in [-0.4, -0.2) is 48.3 Å². The molecule has 0 heterocycles. The highest BCUT2D eigenvalue weighted by atomic mass is 16.4. The van der Waals surface area contributed by atoms with Crippen molar-refractivity contribution in [2.24, 2.45) is 0 Å². The second-order valence-electron chi connectivity index (χ2n) is 6.73. The number of rotatable bonds is 7. The number of ketones is 1. The van der Waals surface area contributed by atoms with Gasteiger partial charge in [-0.05, 0) is 39.1 Å². The van der Waals surface area contributed by atoms with Gasteiger partial charge in [0.25, 0.3) is 0 Å². The Labute approximate surface area is 166 Å². The molecule has 1 amide bonds. The van der Waals surface area contributed by atoms with E-state index < -0.39 is 17.9 Å². The van der Waals surface area contributed by atoms with Crippen molar-refractivity contribution >= 4 is 17.7 Å². The quantitative estimate of drug-likeness (QED) is 0.767. The third kappa shape index (κ3) is 8.14. The summed E-state index contributed by atoms with van der Waals surface area (Å²) in [5.74, 6) is -1.41. The van der Waals surface area contributed by atoms with Crippen LogP contribution in [0.3, 0.4) is 0 Å². The molecule has 0 radical (unpaired) electrons. The van der Waals surface area contributed by atoms with Gasteiger partial charge < -0.3 is 15.3 Å². The fourth-order valence-electron chi connectivity index (χ4n) is 2.44. The van der Waals surface area contributed by atoms with Gasteiger partial charge in [-0.25, -0.2) is 0 Å². The van der Waals surface area contributed by atoms with Crippen LogP contribution < -0.4 is 5.32 Å². The number of hydrogen-bond donors (Lipinski definition) is 2. The maximum atomic E-state index is 11.6. The lowest BCUT2D eigenvalue weighted by molar-refractivity contribution is -0.138. The molecule has 6 heteroatoms. The van der Waals surface area contributed by atoms with E-state index in [9.17, 15) is 14.4 Å². The molecule has 2 rings (SSSR count). The van der Waals surface area contributed by atoms with Gasteiger partial charge in [0.2, 0.25) is 5.91 Å². The van der Waals surface area contributed by atoms with Crippen molar-refractivity contribution in [3.8, 4) is 0 Å². The number of carboxylic acids is 1. The zero-order valence-electron chi connectivity index (χ0n) is 16.8. The molecule has 0 saturated heterocycles. The van der Waals surface area contributed by atoms with Crippen LogP contribution >= 0.6 is 0 Å². The maximum Gasteiger partial charge on any atom is 0.310 e. The van der Waals surface area contributed by atoms with E-state index in [1.165, 1.54) is 6.92 Å². The number of amides is 1. The van der Waals surface area contributed by atoms with Gasteiger partial charge in [-0.2, -0.15) is 0 Å². The first-order valence-electron chi connectivity index (χ1n) is 8.99. The van der Waals surface area contributed by atoms with Crippen LogP contribution in [0.5, 0.6) is 0 Å². The number of benzene rings is 2. The Balaban J connectivity index is 0.000000307. The number of hydrogen-bond acceptors (Lipinski definition) is 4. The largest absolute Gasteiger partial charge is 0.481 e. The molecule has 0 aliphatic heterocycles. The van der Waals surface area contributed by atoms with Gasteiger partial charge >= 0.3 is 5.97 Å². The number of carbonyl (C=O) groups is 3. The Kier molecular flexibility index (Phi) is 9.60. The SMILES string of the molecule is CC(=O)C(NC(=O)CN(C)C)c1ccccc1.CC(C(=O)O)c1ccccc1. The lowest BCUT2D eigenvalue weighted by atomic mass is 10.0. The molecule has 150 valence electrons. The molecule has 0 aliphatic rings. The van der Waals surface area contributed by atoms with Crippen LogP contribution in [0.4, 0.5) is 0 Å². The normalized spacial score (nSPS) is 12.3. The summed E-state index contributed by atoms with van der Waals surface area (Å²) >= 11 is 0. The highest BCUT2D eigenvalue weighted by Gasteiger charge is 2.18. The number of nitrogens with one attached hydrogen (secondary N) is 1. The zero-order chi connectivity index (χ0) is 21.1. The fraction of sp³-hybridized carbons (Fsp3) is 0.318. The summed E-state index contributed by atoms with van der Waals surface area (Å²) in [4.78, 5) is 35.4. The second kappa shape index (κ2) is 11.7. The van der Waals surface area contributed by atoms with Crippen molar-refractivity contribution in [3.05, 3.63) is 71.8 Å². The summed E-state index contributed by atoms with van der Waals surface area (Å²) in [7, 11) is 3.62. The number of nitrogens with zero attached hydrogens (tertiary/aromatic N) is 1. The van der Waals surface area contributed by atoms with Crippen LogP contribution in [0.2, 0.25) is 0 Å². The first-order chi connectivity index (χ1) is 13.2. The van der Waals surface area contributed by atoms with Crippen LogP contribution in [0.25, 0.3) is 0 Å². The van der Waals surface area contributed by atoms with Crippen LogP contribution in [0.15, 0.2) is 60.7 Å². The van der Waals surface area contributed by atoms with Crippen LogP contribution in [0.1, 0.15) is 36.9 Å². The first kappa shape index (κ1) is 23.0. The van der Waals surface area contributed by atoms with E-state index in [1.807, 2.05) is 74.8 Å². The topological polar surface area (TPSA) is 86.7 Å². The minimum atomic E-state index is -0.781. The zero-order valence-corrected chi connectivity index (χ0v) is 16.8. The molecule has 2 atom stereocenters. The summed E-state index contributed by atoms with van der Waals surface area (Å²) in [5, 5.41) is 11.4. The monoisotopic (exact) mass is 384 g/mol. The van der Waals surface area contributed by atoms with Crippen molar-refractivity contribution in [2.45, 2.75) is 25.8 Å². The van der Waals surface area contributed by atoms with E-state index in [0.717, 1.165) is 11.1 Å². The predicted octanol–water partition coefficient (Wildman–Crippen LogP) is 2.87. The fourth-order valence-corrected chi connectivity index (χ4v) is 2.44. The molecule has 2 N–H and O–H groups in total. The van der Waals surface area contributed by atoms with E-state index >= 15 is 0 Å². The molecule has 2 aromatic rings. The second-order valence-corrected chi connectivity index (χ2v) is 6.73. The van der Waals surface area contributed by atoms with E-state index in [0.29, 0.717) is 0 Å². The molecule has 0 spiro atoms. The van der Waals surface area contributed by atoms with E-state index in [4.69, 9.17) is 5.11 Å². The molecule has 0 aliphatic carbocycles. The Morgan fingerprint density at radius 2 is 1.39 bits per heavy atom. The Morgan fingerprint density at radius 3 is 1.79 bits per heavy atom. The lowest BCUT2D eigenvalue weighted by Crippen LogP contribution is -2.38. The Hall–Kier alpha value is -2.99. The number of Topliss-reactive ketones (excluding diaryl/α,β-unsaturated/α-hetero) is 1. The highest BCUT2D eigenvalue weighted by molar-refractivity contribution is 5.89. The predicted molar refractivity (Wildman–Crippen MR) is 109 cm³/mol. The minimum absolute atomic E-state index is 0.0664. The Bertz CT molecular complexity index is 761. The molecule has 0 fully saturated rings. The molecule has 28 heavy (non-hydrogen) atoms. The summed E-state index contributed by atoms with van der Waals surface area (Å²) in [6, 6.07) is 17.9. The molecule has 0 saturated carbocycles. The maximum absolute atomic E-state index is 11.6. The molecular weight excluding hydrogens is 356 g/mol. The summed E-state index contributed by atoms with van der Waals surface area (Å²) in [5.41, 5.74) is 1.66. The molecule has 6 nitrogen and oxygen atoms in total. The van der Waals surface area contributed by atoms with Gasteiger partial charge in [-0.15, -0.1) is 0 Å². The van der Waals surface area contributed by atoms with Crippen LogP contribution in [-0.2, 0) is 14.4 Å². The number of carbonyl (C=O) groups excluding carboxylic acids is 2. The average molecular weight is 384 g/mol. The van der Waals surface area contributed by atoms with Crippen molar-refractivity contribution < 1.29 is 19.5 Å². The highest BCUT2D eigenvalue weighted by Crippen LogP contribution is 2.14. The van der Waals surface area contributed by atoms with Gasteiger partial charge in [0.1, 0.15) is 6.04 Å². The molecule has 2 aromatic carbocycles. The molecular formula is C22H28N2O4. The third-order valence-corrected chi connectivity index (χ3v) is 3.97. The van der Waals surface area contributed by atoms with E-state index in [-0.39, 0.29) is 18.2 Å². The molecule has 2 unspecified atom stereocenters. The van der Waals surface area contributed by atoms with Crippen molar-refractivity contribution in [2.75, 3.05) is 20.6 Å². The van der Waals surface area contributed by atoms with Gasteiger partial charge in [0.15, 0.2) is 5.78 Å². The number of likely N-dealkylation sites (N-methyl/N-ethyl adjacent to an activating group) is 1. The van der Waals surface area contributed by atoms with E-state index in [2.05, 4.69) is 5.32 Å². The Morgan fingerprint density at radius 1 is 0.929 bits per heavy atom. The van der Waals surface area contributed by atoms with E-state index in [1.54, 1.807) is 11.8 Å². The number of aliphatic carboxylic acids is 1. The van der Waals surface area contributed by atoms with Gasteiger partial charge in [0, 0.05) is 0 Å². The standard InChI is InChI=1S/C13H18N2O2.C9H10O2/c1-10(16)13(11-7-5-4-6-8-11)14-12(17)9-15(2)3;1-7(9(10)11)8-5-3-2-4-6-8/h4-8,13H,9H2,1-3H3,(H,14,17);2-7H,1H3,(H,10,11). The number of carboxylic acid groups (broad SMARTS) is 1. The van der Waals surface area contributed by atoms with Gasteiger partial charge in [0.05, 0.1) is 12.5 Å². The third-order valence-electron chi connectivity index (χ3n) is 3.97. The lowest BCUT2D eigenvalue weighted by Gasteiger charge is -2.17. The van der Waals surface area contributed by atoms with Gasteiger partial charge in [-0.3, -0.25) is 14.4 Å². The van der Waals surface area contributed by atoms with Crippen molar-refractivity contribution in [1.29, 1.82) is 0 Å². The molecule has 0 bridgehead atoms. The smallest absolute Gasteiger partial charge is 0.310 e. The first-order valence-corrected chi connectivity index (χ1v) is 8.99. The average Bonchev–Trinajstić information content (AvgIpc) is 2.66. The van der Waals surface area contributed by atoms with Crippen molar-refractivity contribution in [1.82, 2.24) is 10.2 Å². The minimum Gasteiger partial charge on any atom is -0.481 e. The van der Waals surface area contributed by atoms with Crippen molar-refractivity contribution in [3.63, 3.8) is 0 Å². The molecule has 0 aromatic heterocycles. The van der Waals surface area contributed by atoms with Gasteiger partial charge in [-0.1, -0.05) is 60.7 Å². The summed E-state index contributed by atoms with van der Waals surface area (Å²) in [6.45, 7) is 3.43. The summed E-state index contributed by atoms with van der Waals surface area (Å²) < 4.78 is 0. The van der Waals surface area contributed by atoms with Crippen LogP contribution in [0, 0.1) is 0 Å². The summed E-state index contributed by atoms with van der Waals surface area (Å²) in [6.07, 6.45) is 0.